The predicted molar refractivity (Wildman–Crippen MR) is 63.6 cm³/mol. The van der Waals surface area contributed by atoms with Crippen molar-refractivity contribution in [2.45, 2.75) is 6.04 Å². The number of nitrogens with zero attached hydrogens (tertiary/aromatic N) is 1. The molecule has 5 nitrogen and oxygen atoms in total. The van der Waals surface area contributed by atoms with Gasteiger partial charge < -0.3 is 15.8 Å². The molecule has 0 aliphatic carbocycles. The molecule has 1 heterocycles. The first kappa shape index (κ1) is 12.5. The fourth-order valence-electron chi connectivity index (χ4n) is 1.42. The van der Waals surface area contributed by atoms with Crippen molar-refractivity contribution < 1.29 is 14.3 Å². The van der Waals surface area contributed by atoms with Crippen LogP contribution in [-0.2, 0) is 4.79 Å². The summed E-state index contributed by atoms with van der Waals surface area (Å²) in [6.45, 7) is 0. The first-order chi connectivity index (χ1) is 8.49. The number of nitrogens with two attached hydrogens (primary N) is 1. The van der Waals surface area contributed by atoms with Gasteiger partial charge in [-0.2, -0.15) is 0 Å². The molecule has 0 saturated carbocycles. The summed E-state index contributed by atoms with van der Waals surface area (Å²) < 4.78 is 13.0. The van der Waals surface area contributed by atoms with Gasteiger partial charge in [-0.1, -0.05) is 11.6 Å². The van der Waals surface area contributed by atoms with E-state index in [0.717, 1.165) is 0 Å². The van der Waals surface area contributed by atoms with Crippen LogP contribution in [0.3, 0.4) is 0 Å². The van der Waals surface area contributed by atoms with Crippen LogP contribution in [0.5, 0.6) is 0 Å². The average Bonchev–Trinajstić information content (AvgIpc) is 2.81. The van der Waals surface area contributed by atoms with Crippen LogP contribution in [0.25, 0.3) is 11.3 Å². The Hall–Kier alpha value is -1.92. The van der Waals surface area contributed by atoms with Crippen LogP contribution in [0.2, 0.25) is 5.02 Å². The van der Waals surface area contributed by atoms with E-state index in [1.165, 1.54) is 24.4 Å². The van der Waals surface area contributed by atoms with Crippen molar-refractivity contribution in [1.82, 2.24) is 9.97 Å². The Kier molecular flexibility index (Phi) is 3.31. The molecular weight excluding hydrogens is 261 g/mol. The Bertz CT molecular complexity index is 600. The van der Waals surface area contributed by atoms with Crippen LogP contribution in [0, 0.1) is 5.82 Å². The number of hydrogen-bond acceptors (Lipinski definition) is 3. The lowest BCUT2D eigenvalue weighted by atomic mass is 10.2. The summed E-state index contributed by atoms with van der Waals surface area (Å²) in [5.74, 6) is -1.59. The van der Waals surface area contributed by atoms with Crippen LogP contribution in [-0.4, -0.2) is 21.0 Å². The molecule has 2 rings (SSSR count). The number of aliphatic carboxylic acids is 1. The molecule has 0 aliphatic heterocycles. The lowest BCUT2D eigenvalue weighted by Gasteiger charge is -2.02. The predicted octanol–water partition coefficient (Wildman–Crippen LogP) is 1.95. The highest BCUT2D eigenvalue weighted by molar-refractivity contribution is 6.31. The first-order valence-electron chi connectivity index (χ1n) is 4.97. The molecular formula is C11H9ClFN3O2. The number of imidazole rings is 1. The summed E-state index contributed by atoms with van der Waals surface area (Å²) in [5, 5.41) is 8.72. The summed E-state index contributed by atoms with van der Waals surface area (Å²) in [6, 6.07) is 2.91. The molecule has 1 aromatic carbocycles. The molecule has 7 heteroatoms. The Morgan fingerprint density at radius 1 is 1.56 bits per heavy atom. The second-order valence-electron chi connectivity index (χ2n) is 3.63. The van der Waals surface area contributed by atoms with Gasteiger partial charge in [0.2, 0.25) is 0 Å². The number of carboxylic acid groups (broad SMARTS) is 1. The van der Waals surface area contributed by atoms with Crippen LogP contribution in [0.15, 0.2) is 24.4 Å². The van der Waals surface area contributed by atoms with E-state index in [1.807, 2.05) is 0 Å². The molecule has 1 aromatic heterocycles. The molecule has 2 aromatic rings. The minimum Gasteiger partial charge on any atom is -0.480 e. The highest BCUT2D eigenvalue weighted by atomic mass is 35.5. The third kappa shape index (κ3) is 2.34. The van der Waals surface area contributed by atoms with E-state index in [2.05, 4.69) is 9.97 Å². The van der Waals surface area contributed by atoms with Gasteiger partial charge in [0, 0.05) is 5.56 Å². The quantitative estimate of drug-likeness (QED) is 0.794. The smallest absolute Gasteiger partial charge is 0.328 e. The van der Waals surface area contributed by atoms with Gasteiger partial charge in [0.15, 0.2) is 6.04 Å². The summed E-state index contributed by atoms with van der Waals surface area (Å²) >= 11 is 5.66. The summed E-state index contributed by atoms with van der Waals surface area (Å²) in [4.78, 5) is 17.3. The van der Waals surface area contributed by atoms with Crippen molar-refractivity contribution in [2.75, 3.05) is 0 Å². The van der Waals surface area contributed by atoms with E-state index in [9.17, 15) is 9.18 Å². The first-order valence-corrected chi connectivity index (χ1v) is 5.35. The molecule has 0 amide bonds. The lowest BCUT2D eigenvalue weighted by molar-refractivity contribution is -0.138. The number of halogens is 2. The zero-order valence-corrected chi connectivity index (χ0v) is 9.78. The van der Waals surface area contributed by atoms with E-state index in [-0.39, 0.29) is 10.8 Å². The second-order valence-corrected chi connectivity index (χ2v) is 4.03. The zero-order chi connectivity index (χ0) is 13.3. The van der Waals surface area contributed by atoms with Gasteiger partial charge in [0.05, 0.1) is 16.9 Å². The molecule has 4 N–H and O–H groups in total. The third-order valence-corrected chi connectivity index (χ3v) is 2.68. The number of aromatic amines is 1. The van der Waals surface area contributed by atoms with Crippen molar-refractivity contribution in [1.29, 1.82) is 0 Å². The minimum absolute atomic E-state index is 0.0221. The van der Waals surface area contributed by atoms with Gasteiger partial charge in [-0.05, 0) is 18.2 Å². The summed E-state index contributed by atoms with van der Waals surface area (Å²) in [6.07, 6.45) is 1.42. The Labute approximate surface area is 106 Å². The van der Waals surface area contributed by atoms with Crippen LogP contribution in [0.4, 0.5) is 4.39 Å². The maximum absolute atomic E-state index is 13.0. The molecule has 0 radical (unpaired) electrons. The maximum Gasteiger partial charge on any atom is 0.328 e. The van der Waals surface area contributed by atoms with Crippen molar-refractivity contribution in [3.05, 3.63) is 41.1 Å². The molecule has 0 fully saturated rings. The number of H-pyrrole nitrogens is 1. The number of nitrogens with one attached hydrogen (secondary N) is 1. The van der Waals surface area contributed by atoms with Crippen LogP contribution < -0.4 is 5.73 Å². The van der Waals surface area contributed by atoms with Crippen molar-refractivity contribution >= 4 is 17.6 Å². The molecule has 1 atom stereocenters. The zero-order valence-electron chi connectivity index (χ0n) is 9.02. The topological polar surface area (TPSA) is 92.0 Å². The lowest BCUT2D eigenvalue weighted by Crippen LogP contribution is -2.21. The molecule has 18 heavy (non-hydrogen) atoms. The van der Waals surface area contributed by atoms with Gasteiger partial charge in [0.25, 0.3) is 0 Å². The van der Waals surface area contributed by atoms with E-state index in [1.54, 1.807) is 0 Å². The van der Waals surface area contributed by atoms with Crippen molar-refractivity contribution in [2.24, 2.45) is 5.73 Å². The standard InChI is InChI=1S/C11H9ClFN3O2/c12-6-3-5(1-2-7(6)13)8-4-15-10(16-8)9(14)11(17)18/h1-4,9H,14H2,(H,15,16)(H,17,18). The second kappa shape index (κ2) is 4.75. The molecule has 1 unspecified atom stereocenters. The molecule has 0 spiro atoms. The fourth-order valence-corrected chi connectivity index (χ4v) is 1.60. The van der Waals surface area contributed by atoms with Gasteiger partial charge >= 0.3 is 5.97 Å². The highest BCUT2D eigenvalue weighted by Gasteiger charge is 2.18. The normalized spacial score (nSPS) is 12.4. The Balaban J connectivity index is 2.35. The molecule has 94 valence electrons. The number of benzene rings is 1. The number of hydrogen-bond donors (Lipinski definition) is 3. The Morgan fingerprint density at radius 3 is 2.89 bits per heavy atom. The number of aromatic nitrogens is 2. The number of rotatable bonds is 3. The number of carboxylic acids is 1. The maximum atomic E-state index is 13.0. The number of carbonyl (C=O) groups is 1. The largest absolute Gasteiger partial charge is 0.480 e. The third-order valence-electron chi connectivity index (χ3n) is 2.39. The molecule has 0 bridgehead atoms. The van der Waals surface area contributed by atoms with Crippen LogP contribution in [0.1, 0.15) is 11.9 Å². The van der Waals surface area contributed by atoms with E-state index >= 15 is 0 Å². The van der Waals surface area contributed by atoms with E-state index < -0.39 is 17.8 Å². The highest BCUT2D eigenvalue weighted by Crippen LogP contribution is 2.24. The molecule has 0 aliphatic rings. The minimum atomic E-state index is -1.23. The van der Waals surface area contributed by atoms with Gasteiger partial charge in [-0.15, -0.1) is 0 Å². The fraction of sp³-hybridized carbons (Fsp3) is 0.0909. The van der Waals surface area contributed by atoms with E-state index in [0.29, 0.717) is 11.3 Å². The Morgan fingerprint density at radius 2 is 2.28 bits per heavy atom. The average molecular weight is 270 g/mol. The summed E-state index contributed by atoms with van der Waals surface area (Å²) in [7, 11) is 0. The van der Waals surface area contributed by atoms with Crippen LogP contribution >= 0.6 is 11.6 Å². The van der Waals surface area contributed by atoms with Gasteiger partial charge in [0.1, 0.15) is 11.6 Å². The van der Waals surface area contributed by atoms with Crippen molar-refractivity contribution in [3.63, 3.8) is 0 Å². The van der Waals surface area contributed by atoms with Gasteiger partial charge in [-0.3, -0.25) is 4.79 Å². The SMILES string of the molecule is NC(C(=O)O)c1ncc(-c2ccc(F)c(Cl)c2)[nH]1. The van der Waals surface area contributed by atoms with Gasteiger partial charge in [-0.25, -0.2) is 9.37 Å². The molecule has 0 saturated heterocycles. The summed E-state index contributed by atoms with van der Waals surface area (Å²) in [5.41, 5.74) is 6.52. The van der Waals surface area contributed by atoms with E-state index in [4.69, 9.17) is 22.4 Å². The van der Waals surface area contributed by atoms with Crippen molar-refractivity contribution in [3.8, 4) is 11.3 Å². The monoisotopic (exact) mass is 269 g/mol.